The first-order chi connectivity index (χ1) is 11.6. The normalized spacial score (nSPS) is 14.2. The first-order valence-electron chi connectivity index (χ1n) is 8.20. The monoisotopic (exact) mass is 326 g/mol. The number of amides is 1. The van der Waals surface area contributed by atoms with E-state index in [0.29, 0.717) is 11.2 Å². The summed E-state index contributed by atoms with van der Waals surface area (Å²) in [4.78, 5) is 32.6. The highest BCUT2D eigenvalue weighted by Crippen LogP contribution is 2.34. The largest absolute Gasteiger partial charge is 0.430 e. The molecule has 4 rings (SSSR count). The van der Waals surface area contributed by atoms with E-state index in [1.807, 2.05) is 0 Å². The van der Waals surface area contributed by atoms with Crippen molar-refractivity contribution in [2.75, 3.05) is 0 Å². The van der Waals surface area contributed by atoms with Crippen LogP contribution in [-0.4, -0.2) is 20.4 Å². The van der Waals surface area contributed by atoms with E-state index in [4.69, 9.17) is 10.2 Å². The molecule has 0 saturated heterocycles. The molecule has 3 aromatic heterocycles. The third-order valence-electron chi connectivity index (χ3n) is 4.66. The predicted molar refractivity (Wildman–Crippen MR) is 88.8 cm³/mol. The number of fused-ring (bicyclic) bond motifs is 5. The first-order valence-corrected chi connectivity index (χ1v) is 8.20. The van der Waals surface area contributed by atoms with Crippen LogP contribution in [0.3, 0.4) is 0 Å². The van der Waals surface area contributed by atoms with Crippen molar-refractivity contribution in [3.05, 3.63) is 33.5 Å². The maximum atomic E-state index is 12.5. The molecule has 1 aliphatic carbocycles. The van der Waals surface area contributed by atoms with Crippen LogP contribution >= 0.6 is 0 Å². The maximum Gasteiger partial charge on any atom is 0.297 e. The minimum absolute atomic E-state index is 0.141. The van der Waals surface area contributed by atoms with Gasteiger partial charge in [0, 0.05) is 5.69 Å². The van der Waals surface area contributed by atoms with Gasteiger partial charge in [-0.3, -0.25) is 14.2 Å². The van der Waals surface area contributed by atoms with Crippen LogP contribution in [0.1, 0.15) is 36.6 Å². The van der Waals surface area contributed by atoms with Crippen LogP contribution < -0.4 is 11.3 Å². The summed E-state index contributed by atoms with van der Waals surface area (Å²) in [6.45, 7) is 1.86. The number of aromatic nitrogens is 3. The molecule has 0 fully saturated rings. The Bertz CT molecular complexity index is 1030. The number of furan rings is 1. The van der Waals surface area contributed by atoms with E-state index in [1.54, 1.807) is 0 Å². The number of rotatable bonds is 3. The van der Waals surface area contributed by atoms with Crippen LogP contribution in [0.15, 0.2) is 15.5 Å². The molecule has 1 amide bonds. The molecule has 124 valence electrons. The van der Waals surface area contributed by atoms with Crippen LogP contribution in [-0.2, 0) is 30.6 Å². The zero-order valence-electron chi connectivity index (χ0n) is 13.5. The molecule has 0 bridgehead atoms. The first kappa shape index (κ1) is 14.9. The lowest BCUT2D eigenvalue weighted by Crippen LogP contribution is -2.27. The summed E-state index contributed by atoms with van der Waals surface area (Å²) < 4.78 is 6.92. The Balaban J connectivity index is 2.07. The van der Waals surface area contributed by atoms with Crippen molar-refractivity contribution in [2.24, 2.45) is 5.73 Å². The van der Waals surface area contributed by atoms with Gasteiger partial charge >= 0.3 is 0 Å². The van der Waals surface area contributed by atoms with Gasteiger partial charge in [0.2, 0.25) is 17.2 Å². The fourth-order valence-electron chi connectivity index (χ4n) is 3.60. The smallest absolute Gasteiger partial charge is 0.297 e. The summed E-state index contributed by atoms with van der Waals surface area (Å²) in [7, 11) is 0. The van der Waals surface area contributed by atoms with E-state index < -0.39 is 11.5 Å². The van der Waals surface area contributed by atoms with Crippen molar-refractivity contribution in [3.63, 3.8) is 0 Å². The van der Waals surface area contributed by atoms with Gasteiger partial charge in [0.25, 0.3) is 5.56 Å². The van der Waals surface area contributed by atoms with E-state index in [1.165, 1.54) is 22.0 Å². The minimum Gasteiger partial charge on any atom is -0.430 e. The van der Waals surface area contributed by atoms with Crippen molar-refractivity contribution in [3.8, 4) is 0 Å². The fourth-order valence-corrected chi connectivity index (χ4v) is 3.60. The van der Waals surface area contributed by atoms with Gasteiger partial charge in [0.05, 0.1) is 11.7 Å². The standard InChI is InChI=1S/C17H18N4O3/c1-2-11-9-5-3-4-6-10(9)13-14-15(24-16(13)20-11)17(23)21(8-19-14)7-12(18)22/h8H,2-7H2,1H3,(H2,18,22). The van der Waals surface area contributed by atoms with Gasteiger partial charge in [-0.15, -0.1) is 0 Å². The van der Waals surface area contributed by atoms with Crippen molar-refractivity contribution in [1.82, 2.24) is 14.5 Å². The number of hydrogen-bond acceptors (Lipinski definition) is 5. The summed E-state index contributed by atoms with van der Waals surface area (Å²) >= 11 is 0. The van der Waals surface area contributed by atoms with E-state index in [0.717, 1.165) is 43.2 Å². The molecule has 7 nitrogen and oxygen atoms in total. The fraction of sp³-hybridized carbons (Fsp3) is 0.412. The van der Waals surface area contributed by atoms with Crippen LogP contribution in [0.4, 0.5) is 0 Å². The van der Waals surface area contributed by atoms with E-state index >= 15 is 0 Å². The average Bonchev–Trinajstić information content (AvgIpc) is 2.95. The molecule has 7 heteroatoms. The van der Waals surface area contributed by atoms with Crippen LogP contribution in [0, 0.1) is 0 Å². The number of nitrogens with two attached hydrogens (primary N) is 1. The van der Waals surface area contributed by atoms with Gasteiger partial charge in [0.1, 0.15) is 12.1 Å². The molecular formula is C17H18N4O3. The lowest BCUT2D eigenvalue weighted by Gasteiger charge is -2.18. The SMILES string of the molecule is CCc1nc2oc3c(=O)n(CC(N)=O)cnc3c2c2c1CCCC2. The molecule has 0 aromatic carbocycles. The van der Waals surface area contributed by atoms with Gasteiger partial charge in [-0.05, 0) is 43.2 Å². The average molecular weight is 326 g/mol. The number of aryl methyl sites for hydroxylation is 2. The van der Waals surface area contributed by atoms with Gasteiger partial charge in [0.15, 0.2) is 0 Å². The van der Waals surface area contributed by atoms with Gasteiger partial charge in [-0.25, -0.2) is 9.97 Å². The van der Waals surface area contributed by atoms with Gasteiger partial charge in [-0.2, -0.15) is 0 Å². The summed E-state index contributed by atoms with van der Waals surface area (Å²) in [5.41, 5.74) is 9.43. The third kappa shape index (κ3) is 2.11. The van der Waals surface area contributed by atoms with Crippen molar-refractivity contribution >= 4 is 28.1 Å². The molecule has 0 saturated carbocycles. The highest BCUT2D eigenvalue weighted by Gasteiger charge is 2.24. The van der Waals surface area contributed by atoms with Crippen molar-refractivity contribution in [2.45, 2.75) is 45.6 Å². The zero-order valence-corrected chi connectivity index (χ0v) is 13.5. The number of pyridine rings is 1. The van der Waals surface area contributed by atoms with E-state index in [-0.39, 0.29) is 12.1 Å². The lowest BCUT2D eigenvalue weighted by molar-refractivity contribution is -0.118. The Morgan fingerprint density at radius 1 is 1.33 bits per heavy atom. The second kappa shape index (κ2) is 5.43. The number of carbonyl (C=O) groups excluding carboxylic acids is 1. The van der Waals surface area contributed by atoms with Crippen LogP contribution in [0.5, 0.6) is 0 Å². The Labute approximate surface area is 137 Å². The molecule has 24 heavy (non-hydrogen) atoms. The third-order valence-corrected chi connectivity index (χ3v) is 4.66. The molecule has 0 aliphatic heterocycles. The molecule has 0 spiro atoms. The summed E-state index contributed by atoms with van der Waals surface area (Å²) in [5, 5.41) is 0.847. The molecule has 1 aliphatic rings. The second-order valence-corrected chi connectivity index (χ2v) is 6.18. The Kier molecular flexibility index (Phi) is 3.37. The quantitative estimate of drug-likeness (QED) is 0.784. The van der Waals surface area contributed by atoms with Crippen molar-refractivity contribution in [1.29, 1.82) is 0 Å². The molecule has 3 aromatic rings. The van der Waals surface area contributed by atoms with Gasteiger partial charge < -0.3 is 10.2 Å². The highest BCUT2D eigenvalue weighted by molar-refractivity contribution is 6.03. The van der Waals surface area contributed by atoms with E-state index in [9.17, 15) is 9.59 Å². The maximum absolute atomic E-state index is 12.5. The molecular weight excluding hydrogens is 308 g/mol. The highest BCUT2D eigenvalue weighted by atomic mass is 16.3. The minimum atomic E-state index is -0.599. The molecule has 2 N–H and O–H groups in total. The number of hydrogen-bond donors (Lipinski definition) is 1. The van der Waals surface area contributed by atoms with E-state index in [2.05, 4.69) is 16.9 Å². The molecule has 0 radical (unpaired) electrons. The number of nitrogens with zero attached hydrogens (tertiary/aromatic N) is 3. The topological polar surface area (TPSA) is 104 Å². The van der Waals surface area contributed by atoms with Crippen LogP contribution in [0.2, 0.25) is 0 Å². The summed E-state index contributed by atoms with van der Waals surface area (Å²) in [6, 6.07) is 0. The molecule has 0 atom stereocenters. The molecule has 0 unspecified atom stereocenters. The van der Waals surface area contributed by atoms with Crippen LogP contribution in [0.25, 0.3) is 22.2 Å². The Morgan fingerprint density at radius 2 is 2.08 bits per heavy atom. The number of carbonyl (C=O) groups is 1. The summed E-state index contributed by atoms with van der Waals surface area (Å²) in [5.74, 6) is -0.599. The number of primary amides is 1. The summed E-state index contributed by atoms with van der Waals surface area (Å²) in [6.07, 6.45) is 6.40. The molecule has 3 heterocycles. The van der Waals surface area contributed by atoms with Gasteiger partial charge in [-0.1, -0.05) is 6.92 Å². The van der Waals surface area contributed by atoms with Crippen molar-refractivity contribution < 1.29 is 9.21 Å². The second-order valence-electron chi connectivity index (χ2n) is 6.18. The zero-order chi connectivity index (χ0) is 16.8. The Morgan fingerprint density at radius 3 is 2.79 bits per heavy atom. The Hall–Kier alpha value is -2.70. The predicted octanol–water partition coefficient (Wildman–Crippen LogP) is 1.46. The lowest BCUT2D eigenvalue weighted by atomic mass is 9.88.